The number of carbonyl (C=O) groups is 2. The molecule has 7 nitrogen and oxygen atoms in total. The van der Waals surface area contributed by atoms with Crippen molar-refractivity contribution >= 4 is 23.1 Å². The molecule has 0 aliphatic carbocycles. The zero-order valence-corrected chi connectivity index (χ0v) is 22.0. The van der Waals surface area contributed by atoms with E-state index >= 15 is 0 Å². The van der Waals surface area contributed by atoms with Gasteiger partial charge in [0.1, 0.15) is 11.5 Å². The van der Waals surface area contributed by atoms with E-state index in [0.717, 1.165) is 41.0 Å². The van der Waals surface area contributed by atoms with Crippen LogP contribution in [0.2, 0.25) is 0 Å². The molecule has 0 saturated carbocycles. The first-order chi connectivity index (χ1) is 17.8. The molecule has 2 aromatic carbocycles. The lowest BCUT2D eigenvalue weighted by molar-refractivity contribution is -0.140. The number of aliphatic hydroxyl groups is 1. The lowest BCUT2D eigenvalue weighted by Crippen LogP contribution is -2.29. The molecule has 1 amide bonds. The molecule has 0 bridgehead atoms. The fourth-order valence-corrected chi connectivity index (χ4v) is 5.08. The molecule has 37 heavy (non-hydrogen) atoms. The van der Waals surface area contributed by atoms with Gasteiger partial charge < -0.3 is 19.6 Å². The number of Topliss-reactive ketones (excluding diaryl/α,β-unsaturated/α-hetero) is 1. The molecule has 1 N–H and O–H groups in total. The van der Waals surface area contributed by atoms with Crippen molar-refractivity contribution in [2.24, 2.45) is 0 Å². The van der Waals surface area contributed by atoms with E-state index < -0.39 is 17.7 Å². The van der Waals surface area contributed by atoms with Crippen LogP contribution >= 0.6 is 0 Å². The highest BCUT2D eigenvalue weighted by atomic mass is 16.5. The summed E-state index contributed by atoms with van der Waals surface area (Å²) in [4.78, 5) is 34.6. The topological polar surface area (TPSA) is 83.0 Å². The molecule has 1 atom stereocenters. The first kappa shape index (κ1) is 25.9. The summed E-state index contributed by atoms with van der Waals surface area (Å²) in [6.07, 6.45) is 3.31. The van der Waals surface area contributed by atoms with E-state index in [9.17, 15) is 14.7 Å². The summed E-state index contributed by atoms with van der Waals surface area (Å²) < 4.78 is 5.59. The quantitative estimate of drug-likeness (QED) is 0.261. The van der Waals surface area contributed by atoms with E-state index in [-0.39, 0.29) is 17.9 Å². The van der Waals surface area contributed by atoms with Gasteiger partial charge in [0.2, 0.25) is 0 Å². The van der Waals surface area contributed by atoms with Crippen molar-refractivity contribution in [3.63, 3.8) is 0 Å². The Labute approximate surface area is 218 Å². The minimum atomic E-state index is -0.760. The summed E-state index contributed by atoms with van der Waals surface area (Å²) in [6, 6.07) is 14.4. The highest BCUT2D eigenvalue weighted by Gasteiger charge is 2.46. The minimum absolute atomic E-state index is 0.0537. The highest BCUT2D eigenvalue weighted by Crippen LogP contribution is 2.42. The van der Waals surface area contributed by atoms with Gasteiger partial charge in [-0.2, -0.15) is 0 Å². The van der Waals surface area contributed by atoms with Gasteiger partial charge in [-0.3, -0.25) is 14.6 Å². The minimum Gasteiger partial charge on any atom is -0.507 e. The molecule has 2 heterocycles. The number of pyridine rings is 1. The fourth-order valence-electron chi connectivity index (χ4n) is 5.08. The molecule has 4 rings (SSSR count). The van der Waals surface area contributed by atoms with Crippen molar-refractivity contribution in [2.45, 2.75) is 40.3 Å². The third-order valence-corrected chi connectivity index (χ3v) is 6.86. The lowest BCUT2D eigenvalue weighted by atomic mass is 9.93. The molecule has 1 aromatic heterocycles. The van der Waals surface area contributed by atoms with Crippen LogP contribution in [-0.4, -0.2) is 46.9 Å². The van der Waals surface area contributed by atoms with Crippen LogP contribution in [0.4, 0.5) is 5.69 Å². The van der Waals surface area contributed by atoms with Crippen molar-refractivity contribution in [2.75, 3.05) is 25.1 Å². The van der Waals surface area contributed by atoms with Gasteiger partial charge in [-0.1, -0.05) is 18.2 Å². The van der Waals surface area contributed by atoms with E-state index in [2.05, 4.69) is 23.7 Å². The number of likely N-dealkylation sites (tertiary alicyclic amines) is 1. The standard InChI is InChI=1S/C30H33N3O4/c1-6-32(7-2)23-10-8-22(9-11-23)26-25(27(34)24-17-19(3)16-20(4)29(24)37-5)28(35)30(36)33(26)18-21-12-14-31-15-13-21/h8-17,26,34H,6-7,18H2,1-5H3/b27-25+. The Morgan fingerprint density at radius 2 is 1.68 bits per heavy atom. The predicted octanol–water partition coefficient (Wildman–Crippen LogP) is 5.18. The lowest BCUT2D eigenvalue weighted by Gasteiger charge is -2.27. The monoisotopic (exact) mass is 499 g/mol. The number of carbonyl (C=O) groups excluding carboxylic acids is 2. The van der Waals surface area contributed by atoms with Gasteiger partial charge in [-0.25, -0.2) is 0 Å². The number of amides is 1. The first-order valence-electron chi connectivity index (χ1n) is 12.5. The van der Waals surface area contributed by atoms with E-state index in [1.807, 2.05) is 56.3 Å². The summed E-state index contributed by atoms with van der Waals surface area (Å²) >= 11 is 0. The second kappa shape index (κ2) is 10.9. The van der Waals surface area contributed by atoms with Gasteiger partial charge in [0.25, 0.3) is 11.7 Å². The third kappa shape index (κ3) is 4.94. The number of aliphatic hydroxyl groups excluding tert-OH is 1. The SMILES string of the molecule is CCN(CC)c1ccc(C2/C(=C(\O)c3cc(C)cc(C)c3OC)C(=O)C(=O)N2Cc2ccncc2)cc1. The number of benzene rings is 2. The number of methoxy groups -OCH3 is 1. The zero-order chi connectivity index (χ0) is 26.7. The van der Waals surface area contributed by atoms with Crippen LogP contribution in [0.3, 0.4) is 0 Å². The second-order valence-electron chi connectivity index (χ2n) is 9.21. The van der Waals surface area contributed by atoms with Crippen LogP contribution in [0, 0.1) is 13.8 Å². The van der Waals surface area contributed by atoms with Gasteiger partial charge in [0.05, 0.1) is 24.3 Å². The van der Waals surface area contributed by atoms with Crippen molar-refractivity contribution in [3.8, 4) is 5.75 Å². The molecular weight excluding hydrogens is 466 g/mol. The molecule has 1 aliphatic heterocycles. The molecule has 0 spiro atoms. The number of rotatable bonds is 8. The zero-order valence-electron chi connectivity index (χ0n) is 22.0. The van der Waals surface area contributed by atoms with Crippen LogP contribution in [0.25, 0.3) is 5.76 Å². The van der Waals surface area contributed by atoms with Crippen LogP contribution in [0.15, 0.2) is 66.5 Å². The largest absolute Gasteiger partial charge is 0.507 e. The number of ether oxygens (including phenoxy) is 1. The predicted molar refractivity (Wildman–Crippen MR) is 145 cm³/mol. The Bertz CT molecular complexity index is 1330. The molecule has 3 aromatic rings. The van der Waals surface area contributed by atoms with Gasteiger partial charge in [0.15, 0.2) is 0 Å². The van der Waals surface area contributed by atoms with Crippen molar-refractivity contribution < 1.29 is 19.4 Å². The van der Waals surface area contributed by atoms with Crippen molar-refractivity contribution in [3.05, 3.63) is 94.3 Å². The Morgan fingerprint density at radius 1 is 1.03 bits per heavy atom. The summed E-state index contributed by atoms with van der Waals surface area (Å²) in [7, 11) is 1.53. The normalized spacial score (nSPS) is 16.8. The number of nitrogens with zero attached hydrogens (tertiary/aromatic N) is 3. The maximum Gasteiger partial charge on any atom is 0.295 e. The van der Waals surface area contributed by atoms with Gasteiger partial charge >= 0.3 is 0 Å². The van der Waals surface area contributed by atoms with E-state index in [1.165, 1.54) is 12.0 Å². The van der Waals surface area contributed by atoms with Gasteiger partial charge in [0, 0.05) is 37.7 Å². The maximum absolute atomic E-state index is 13.5. The number of aromatic nitrogens is 1. The third-order valence-electron chi connectivity index (χ3n) is 6.86. The highest BCUT2D eigenvalue weighted by molar-refractivity contribution is 6.46. The first-order valence-corrected chi connectivity index (χ1v) is 12.5. The summed E-state index contributed by atoms with van der Waals surface area (Å²) in [5.74, 6) is -1.14. The summed E-state index contributed by atoms with van der Waals surface area (Å²) in [5, 5.41) is 11.6. The molecule has 0 radical (unpaired) electrons. The number of ketones is 1. The van der Waals surface area contributed by atoms with E-state index in [1.54, 1.807) is 18.5 Å². The number of anilines is 1. The Morgan fingerprint density at radius 3 is 2.27 bits per heavy atom. The Hall–Kier alpha value is -4.13. The van der Waals surface area contributed by atoms with Gasteiger partial charge in [-0.05, 0) is 80.3 Å². The van der Waals surface area contributed by atoms with Crippen LogP contribution in [0.5, 0.6) is 5.75 Å². The summed E-state index contributed by atoms with van der Waals surface area (Å²) in [6.45, 7) is 9.92. The molecule has 1 saturated heterocycles. The number of hydrogen-bond acceptors (Lipinski definition) is 6. The fraction of sp³-hybridized carbons (Fsp3) is 0.300. The average molecular weight is 500 g/mol. The maximum atomic E-state index is 13.5. The Kier molecular flexibility index (Phi) is 7.62. The summed E-state index contributed by atoms with van der Waals surface area (Å²) in [5.41, 5.74) is 4.82. The van der Waals surface area contributed by atoms with Gasteiger partial charge in [-0.15, -0.1) is 0 Å². The molecule has 1 fully saturated rings. The van der Waals surface area contributed by atoms with E-state index in [4.69, 9.17) is 4.74 Å². The smallest absolute Gasteiger partial charge is 0.295 e. The molecule has 7 heteroatoms. The number of hydrogen-bond donors (Lipinski definition) is 1. The van der Waals surface area contributed by atoms with Crippen molar-refractivity contribution in [1.29, 1.82) is 0 Å². The Balaban J connectivity index is 1.90. The second-order valence-corrected chi connectivity index (χ2v) is 9.21. The molecule has 1 unspecified atom stereocenters. The van der Waals surface area contributed by atoms with Crippen LogP contribution in [0.1, 0.15) is 47.7 Å². The van der Waals surface area contributed by atoms with Crippen molar-refractivity contribution in [1.82, 2.24) is 9.88 Å². The van der Waals surface area contributed by atoms with Crippen LogP contribution in [-0.2, 0) is 16.1 Å². The van der Waals surface area contributed by atoms with E-state index in [0.29, 0.717) is 11.3 Å². The average Bonchev–Trinajstić information content (AvgIpc) is 3.14. The molecule has 1 aliphatic rings. The molecule has 192 valence electrons. The number of aryl methyl sites for hydroxylation is 2. The van der Waals surface area contributed by atoms with Crippen LogP contribution < -0.4 is 9.64 Å². The molecular formula is C30H33N3O4.